The molecule has 0 bridgehead atoms. The Balaban J connectivity index is 2.10. The molecule has 0 heterocycles. The summed E-state index contributed by atoms with van der Waals surface area (Å²) >= 11 is 0.0603. The molecule has 0 amide bonds. The van der Waals surface area contributed by atoms with Crippen LogP contribution in [0.4, 0.5) is 13.2 Å². The van der Waals surface area contributed by atoms with E-state index in [1.54, 1.807) is 0 Å². The van der Waals surface area contributed by atoms with Crippen LogP contribution < -0.4 is 5.73 Å². The normalized spacial score (nSPS) is 21.0. The Morgan fingerprint density at radius 2 is 1.92 bits per heavy atom. The third-order valence-corrected chi connectivity index (χ3v) is 3.02. The standard InChI is InChI=1S/C7H12F3NS/c8-7(9,10)12-4-3-6(5-11)1-2-6/h1-5,11H2. The summed E-state index contributed by atoms with van der Waals surface area (Å²) in [6.07, 6.45) is 2.61. The zero-order valence-electron chi connectivity index (χ0n) is 6.66. The predicted molar refractivity (Wildman–Crippen MR) is 43.9 cm³/mol. The van der Waals surface area contributed by atoms with Crippen LogP contribution in [0.3, 0.4) is 0 Å². The van der Waals surface area contributed by atoms with Crippen molar-refractivity contribution >= 4 is 11.8 Å². The smallest absolute Gasteiger partial charge is 0.330 e. The van der Waals surface area contributed by atoms with Crippen molar-refractivity contribution in [2.24, 2.45) is 11.1 Å². The minimum Gasteiger partial charge on any atom is -0.330 e. The first kappa shape index (κ1) is 10.2. The van der Waals surface area contributed by atoms with E-state index in [2.05, 4.69) is 0 Å². The highest BCUT2D eigenvalue weighted by atomic mass is 32.2. The van der Waals surface area contributed by atoms with Crippen molar-refractivity contribution in [3.8, 4) is 0 Å². The molecule has 0 unspecified atom stereocenters. The fourth-order valence-electron chi connectivity index (χ4n) is 1.12. The van der Waals surface area contributed by atoms with E-state index in [0.717, 1.165) is 12.8 Å². The summed E-state index contributed by atoms with van der Waals surface area (Å²) in [5.74, 6) is 0.153. The van der Waals surface area contributed by atoms with Crippen LogP contribution >= 0.6 is 11.8 Å². The van der Waals surface area contributed by atoms with Gasteiger partial charge < -0.3 is 5.73 Å². The van der Waals surface area contributed by atoms with Crippen molar-refractivity contribution in [1.82, 2.24) is 0 Å². The van der Waals surface area contributed by atoms with Gasteiger partial charge in [0.05, 0.1) is 0 Å². The van der Waals surface area contributed by atoms with Crippen LogP contribution in [-0.4, -0.2) is 17.8 Å². The van der Waals surface area contributed by atoms with Gasteiger partial charge in [-0.3, -0.25) is 0 Å². The van der Waals surface area contributed by atoms with Crippen LogP contribution in [0.5, 0.6) is 0 Å². The molecule has 1 aliphatic rings. The van der Waals surface area contributed by atoms with E-state index in [-0.39, 0.29) is 22.9 Å². The van der Waals surface area contributed by atoms with Crippen LogP contribution in [0.1, 0.15) is 19.3 Å². The molecule has 1 nitrogen and oxygen atoms in total. The molecule has 0 atom stereocenters. The SMILES string of the molecule is NCC1(CCSC(F)(F)F)CC1. The molecule has 0 spiro atoms. The lowest BCUT2D eigenvalue weighted by Crippen LogP contribution is -2.16. The zero-order valence-corrected chi connectivity index (χ0v) is 7.47. The van der Waals surface area contributed by atoms with Crippen molar-refractivity contribution in [2.75, 3.05) is 12.3 Å². The van der Waals surface area contributed by atoms with Gasteiger partial charge in [0.25, 0.3) is 0 Å². The summed E-state index contributed by atoms with van der Waals surface area (Å²) in [5.41, 5.74) is 1.42. The van der Waals surface area contributed by atoms with Gasteiger partial charge in [-0.15, -0.1) is 0 Å². The van der Waals surface area contributed by atoms with Gasteiger partial charge in [-0.1, -0.05) is 11.8 Å². The van der Waals surface area contributed by atoms with Crippen LogP contribution in [0, 0.1) is 5.41 Å². The van der Waals surface area contributed by atoms with Gasteiger partial charge in [0, 0.05) is 5.75 Å². The third kappa shape index (κ3) is 3.23. The van der Waals surface area contributed by atoms with Gasteiger partial charge in [0.1, 0.15) is 0 Å². The number of alkyl halides is 3. The Morgan fingerprint density at radius 1 is 1.33 bits per heavy atom. The first-order valence-electron chi connectivity index (χ1n) is 3.88. The van der Waals surface area contributed by atoms with E-state index >= 15 is 0 Å². The summed E-state index contributed by atoms with van der Waals surface area (Å²) in [4.78, 5) is 0. The summed E-state index contributed by atoms with van der Waals surface area (Å²) in [5, 5.41) is 0. The van der Waals surface area contributed by atoms with E-state index in [9.17, 15) is 13.2 Å². The molecule has 2 N–H and O–H groups in total. The monoisotopic (exact) mass is 199 g/mol. The van der Waals surface area contributed by atoms with Gasteiger partial charge in [-0.05, 0) is 31.2 Å². The number of hydrogen-bond acceptors (Lipinski definition) is 2. The summed E-state index contributed by atoms with van der Waals surface area (Å²) in [6, 6.07) is 0. The largest absolute Gasteiger partial charge is 0.441 e. The molecule has 0 aromatic heterocycles. The molecule has 0 saturated heterocycles. The number of halogens is 3. The fraction of sp³-hybridized carbons (Fsp3) is 1.00. The second-order valence-electron chi connectivity index (χ2n) is 3.25. The molecular formula is C7H12F3NS. The van der Waals surface area contributed by atoms with Crippen LogP contribution in [-0.2, 0) is 0 Å². The Bertz CT molecular complexity index is 153. The van der Waals surface area contributed by atoms with Crippen molar-refractivity contribution in [1.29, 1.82) is 0 Å². The molecule has 72 valence electrons. The number of thioether (sulfide) groups is 1. The molecule has 0 aliphatic heterocycles. The van der Waals surface area contributed by atoms with Crippen LogP contribution in [0.15, 0.2) is 0 Å². The summed E-state index contributed by atoms with van der Waals surface area (Å²) in [6.45, 7) is 0.533. The Hall–Kier alpha value is 0.100. The third-order valence-electron chi connectivity index (χ3n) is 2.29. The topological polar surface area (TPSA) is 26.0 Å². The van der Waals surface area contributed by atoms with Gasteiger partial charge in [0.2, 0.25) is 0 Å². The number of nitrogens with two attached hydrogens (primary N) is 1. The highest BCUT2D eigenvalue weighted by Gasteiger charge is 2.41. The van der Waals surface area contributed by atoms with Gasteiger partial charge in [-0.2, -0.15) is 13.2 Å². The average Bonchev–Trinajstić information content (AvgIpc) is 2.67. The highest BCUT2D eigenvalue weighted by Crippen LogP contribution is 2.49. The lowest BCUT2D eigenvalue weighted by Gasteiger charge is -2.11. The van der Waals surface area contributed by atoms with Crippen molar-refractivity contribution in [2.45, 2.75) is 24.8 Å². The fourth-order valence-corrected chi connectivity index (χ4v) is 1.88. The van der Waals surface area contributed by atoms with Crippen LogP contribution in [0.25, 0.3) is 0 Å². The first-order valence-corrected chi connectivity index (χ1v) is 4.87. The second-order valence-corrected chi connectivity index (χ2v) is 4.41. The minimum atomic E-state index is -4.08. The number of rotatable bonds is 4. The maximum atomic E-state index is 11.7. The zero-order chi connectivity index (χ0) is 9.24. The molecule has 0 radical (unpaired) electrons. The van der Waals surface area contributed by atoms with Crippen molar-refractivity contribution in [3.63, 3.8) is 0 Å². The lowest BCUT2D eigenvalue weighted by molar-refractivity contribution is -0.0328. The molecule has 1 rings (SSSR count). The molecular weight excluding hydrogens is 187 g/mol. The second kappa shape index (κ2) is 3.46. The van der Waals surface area contributed by atoms with Gasteiger partial charge >= 0.3 is 5.51 Å². The summed E-state index contributed by atoms with van der Waals surface area (Å²) in [7, 11) is 0. The molecule has 1 saturated carbocycles. The van der Waals surface area contributed by atoms with E-state index in [1.807, 2.05) is 0 Å². The molecule has 0 aromatic carbocycles. The maximum absolute atomic E-state index is 11.7. The maximum Gasteiger partial charge on any atom is 0.441 e. The highest BCUT2D eigenvalue weighted by molar-refractivity contribution is 8.00. The number of hydrogen-bond donors (Lipinski definition) is 1. The first-order chi connectivity index (χ1) is 5.47. The lowest BCUT2D eigenvalue weighted by atomic mass is 10.1. The molecule has 0 aromatic rings. The van der Waals surface area contributed by atoms with Gasteiger partial charge in [-0.25, -0.2) is 0 Å². The van der Waals surface area contributed by atoms with Crippen molar-refractivity contribution in [3.05, 3.63) is 0 Å². The minimum absolute atomic E-state index is 0.0603. The average molecular weight is 199 g/mol. The van der Waals surface area contributed by atoms with E-state index in [1.165, 1.54) is 0 Å². The Kier molecular flexibility index (Phi) is 2.93. The summed E-state index contributed by atoms with van der Waals surface area (Å²) < 4.78 is 35.1. The van der Waals surface area contributed by atoms with E-state index in [4.69, 9.17) is 5.73 Å². The molecule has 1 aliphatic carbocycles. The molecule has 12 heavy (non-hydrogen) atoms. The van der Waals surface area contributed by atoms with Crippen LogP contribution in [0.2, 0.25) is 0 Å². The van der Waals surface area contributed by atoms with E-state index in [0.29, 0.717) is 13.0 Å². The molecule has 5 heteroatoms. The Morgan fingerprint density at radius 3 is 2.25 bits per heavy atom. The predicted octanol–water partition coefficient (Wildman–Crippen LogP) is 2.37. The quantitative estimate of drug-likeness (QED) is 0.752. The molecule has 1 fully saturated rings. The van der Waals surface area contributed by atoms with E-state index < -0.39 is 5.51 Å². The Labute approximate surface area is 73.9 Å². The van der Waals surface area contributed by atoms with Crippen molar-refractivity contribution < 1.29 is 13.2 Å². The van der Waals surface area contributed by atoms with Gasteiger partial charge in [0.15, 0.2) is 0 Å².